The van der Waals surface area contributed by atoms with Gasteiger partial charge in [0.25, 0.3) is 0 Å². The molecule has 1 heterocycles. The monoisotopic (exact) mass is 197 g/mol. The maximum absolute atomic E-state index is 5.37. The third-order valence-corrected chi connectivity index (χ3v) is 2.69. The molecule has 0 amide bonds. The quantitative estimate of drug-likeness (QED) is 0.664. The highest BCUT2D eigenvalue weighted by Crippen LogP contribution is 2.17. The summed E-state index contributed by atoms with van der Waals surface area (Å²) >= 11 is 0. The lowest BCUT2D eigenvalue weighted by molar-refractivity contribution is 0.650. The first-order chi connectivity index (χ1) is 7.35. The Labute approximate surface area is 90.7 Å². The van der Waals surface area contributed by atoms with Crippen LogP contribution in [0.15, 0.2) is 30.5 Å². The zero-order valence-electron chi connectivity index (χ0n) is 9.03. The summed E-state index contributed by atoms with van der Waals surface area (Å²) in [7, 11) is 0. The van der Waals surface area contributed by atoms with Crippen LogP contribution in [0, 0.1) is 12.3 Å². The number of benzene rings is 1. The Morgan fingerprint density at radius 2 is 2.20 bits per heavy atom. The number of rotatable bonds is 3. The number of aromatic nitrogens is 1. The zero-order valence-corrected chi connectivity index (χ0v) is 9.03. The highest BCUT2D eigenvalue weighted by Gasteiger charge is 2.00. The molecule has 2 aromatic rings. The Bertz CT molecular complexity index is 500. The molecule has 0 bridgehead atoms. The third kappa shape index (κ3) is 1.89. The second-order valence-electron chi connectivity index (χ2n) is 3.78. The van der Waals surface area contributed by atoms with E-state index in [1.54, 1.807) is 0 Å². The fraction of sp³-hybridized carbons (Fsp3) is 0.286. The Morgan fingerprint density at radius 3 is 2.93 bits per heavy atom. The third-order valence-electron chi connectivity index (χ3n) is 2.69. The van der Waals surface area contributed by atoms with Gasteiger partial charge in [0.15, 0.2) is 0 Å². The minimum atomic E-state index is 0.954. The molecule has 0 spiro atoms. The average Bonchev–Trinajstić information content (AvgIpc) is 2.68. The Kier molecular flexibility index (Phi) is 2.78. The minimum Gasteiger partial charge on any atom is -0.347 e. The molecule has 15 heavy (non-hydrogen) atoms. The van der Waals surface area contributed by atoms with Crippen molar-refractivity contribution in [2.24, 2.45) is 0 Å². The summed E-state index contributed by atoms with van der Waals surface area (Å²) in [4.78, 5) is 0. The smallest absolute Gasteiger partial charge is 0.0481 e. The molecule has 0 radical (unpaired) electrons. The summed E-state index contributed by atoms with van der Waals surface area (Å²) in [6.45, 7) is 3.30. The summed E-state index contributed by atoms with van der Waals surface area (Å²) in [5.74, 6) is 2.66. The Balaban J connectivity index is 2.39. The van der Waals surface area contributed by atoms with Crippen LogP contribution in [-0.2, 0) is 6.54 Å². The summed E-state index contributed by atoms with van der Waals surface area (Å²) in [5, 5.41) is 1.24. The zero-order chi connectivity index (χ0) is 10.7. The van der Waals surface area contributed by atoms with E-state index in [4.69, 9.17) is 6.42 Å². The van der Waals surface area contributed by atoms with E-state index in [1.165, 1.54) is 23.7 Å². The molecule has 0 saturated carbocycles. The van der Waals surface area contributed by atoms with Crippen LogP contribution >= 0.6 is 0 Å². The fourth-order valence-electron chi connectivity index (χ4n) is 1.81. The van der Waals surface area contributed by atoms with E-state index in [1.807, 2.05) is 6.07 Å². The van der Waals surface area contributed by atoms with E-state index >= 15 is 0 Å². The molecule has 0 atom stereocenters. The molecule has 2 rings (SSSR count). The summed E-state index contributed by atoms with van der Waals surface area (Å²) in [6.07, 6.45) is 9.96. The van der Waals surface area contributed by atoms with Crippen molar-refractivity contribution in [3.05, 3.63) is 36.0 Å². The van der Waals surface area contributed by atoms with Crippen molar-refractivity contribution in [2.45, 2.75) is 26.3 Å². The van der Waals surface area contributed by atoms with E-state index in [0.29, 0.717) is 0 Å². The standard InChI is InChI=1S/C14H15N/c1-3-5-9-15-10-8-13-11-12(4-2)6-7-14(13)15/h2,6-8,10-11H,3,5,9H2,1H3. The van der Waals surface area contributed by atoms with Crippen molar-refractivity contribution in [1.82, 2.24) is 4.57 Å². The van der Waals surface area contributed by atoms with Crippen LogP contribution < -0.4 is 0 Å². The van der Waals surface area contributed by atoms with Gasteiger partial charge in [0, 0.05) is 29.2 Å². The second-order valence-corrected chi connectivity index (χ2v) is 3.78. The lowest BCUT2D eigenvalue weighted by atomic mass is 10.2. The maximum atomic E-state index is 5.37. The molecular weight excluding hydrogens is 182 g/mol. The summed E-state index contributed by atoms with van der Waals surface area (Å²) in [5.41, 5.74) is 2.23. The van der Waals surface area contributed by atoms with Crippen LogP contribution in [0.1, 0.15) is 25.3 Å². The van der Waals surface area contributed by atoms with E-state index in [-0.39, 0.29) is 0 Å². The molecule has 0 aliphatic carbocycles. The Hall–Kier alpha value is -1.68. The lowest BCUT2D eigenvalue weighted by Crippen LogP contribution is -1.94. The molecule has 0 unspecified atom stereocenters. The molecule has 0 saturated heterocycles. The van der Waals surface area contributed by atoms with Crippen molar-refractivity contribution >= 4 is 10.9 Å². The highest BCUT2D eigenvalue weighted by atomic mass is 14.9. The first kappa shape index (κ1) is 9.86. The number of hydrogen-bond donors (Lipinski definition) is 0. The largest absolute Gasteiger partial charge is 0.347 e. The van der Waals surface area contributed by atoms with Gasteiger partial charge in [-0.15, -0.1) is 6.42 Å². The molecule has 1 aromatic heterocycles. The molecular formula is C14H15N. The SMILES string of the molecule is C#Cc1ccc2c(ccn2CCCC)c1. The first-order valence-corrected chi connectivity index (χ1v) is 5.40. The van der Waals surface area contributed by atoms with Crippen LogP contribution in [0.5, 0.6) is 0 Å². The van der Waals surface area contributed by atoms with E-state index in [0.717, 1.165) is 12.1 Å². The average molecular weight is 197 g/mol. The number of aryl methyl sites for hydroxylation is 1. The van der Waals surface area contributed by atoms with E-state index in [9.17, 15) is 0 Å². The van der Waals surface area contributed by atoms with Gasteiger partial charge in [-0.05, 0) is 30.7 Å². The molecule has 0 N–H and O–H groups in total. The van der Waals surface area contributed by atoms with Gasteiger partial charge in [-0.2, -0.15) is 0 Å². The van der Waals surface area contributed by atoms with Crippen molar-refractivity contribution in [1.29, 1.82) is 0 Å². The van der Waals surface area contributed by atoms with Gasteiger partial charge >= 0.3 is 0 Å². The molecule has 76 valence electrons. The normalized spacial score (nSPS) is 10.4. The Morgan fingerprint density at radius 1 is 1.33 bits per heavy atom. The number of unbranched alkanes of at least 4 members (excludes halogenated alkanes) is 1. The summed E-state index contributed by atoms with van der Waals surface area (Å²) < 4.78 is 2.29. The number of hydrogen-bond acceptors (Lipinski definition) is 0. The first-order valence-electron chi connectivity index (χ1n) is 5.40. The fourth-order valence-corrected chi connectivity index (χ4v) is 1.81. The molecule has 1 nitrogen and oxygen atoms in total. The van der Waals surface area contributed by atoms with Crippen LogP contribution in [-0.4, -0.2) is 4.57 Å². The number of fused-ring (bicyclic) bond motifs is 1. The number of nitrogens with zero attached hydrogens (tertiary/aromatic N) is 1. The molecule has 0 aliphatic rings. The van der Waals surface area contributed by atoms with Gasteiger partial charge in [0.2, 0.25) is 0 Å². The minimum absolute atomic E-state index is 0.954. The lowest BCUT2D eigenvalue weighted by Gasteiger charge is -2.03. The van der Waals surface area contributed by atoms with Gasteiger partial charge in [-0.25, -0.2) is 0 Å². The van der Waals surface area contributed by atoms with E-state index < -0.39 is 0 Å². The maximum Gasteiger partial charge on any atom is 0.0481 e. The van der Waals surface area contributed by atoms with Gasteiger partial charge in [0.1, 0.15) is 0 Å². The van der Waals surface area contributed by atoms with Gasteiger partial charge < -0.3 is 4.57 Å². The topological polar surface area (TPSA) is 4.93 Å². The van der Waals surface area contributed by atoms with Gasteiger partial charge in [-0.3, -0.25) is 0 Å². The van der Waals surface area contributed by atoms with Crippen LogP contribution in [0.2, 0.25) is 0 Å². The van der Waals surface area contributed by atoms with Gasteiger partial charge in [-0.1, -0.05) is 19.3 Å². The molecule has 0 fully saturated rings. The predicted octanol–water partition coefficient (Wildman–Crippen LogP) is 3.42. The van der Waals surface area contributed by atoms with Crippen molar-refractivity contribution in [3.8, 4) is 12.3 Å². The molecule has 1 heteroatoms. The van der Waals surface area contributed by atoms with Crippen molar-refractivity contribution < 1.29 is 0 Å². The van der Waals surface area contributed by atoms with Crippen molar-refractivity contribution in [3.63, 3.8) is 0 Å². The highest BCUT2D eigenvalue weighted by molar-refractivity contribution is 5.81. The predicted molar refractivity (Wildman–Crippen MR) is 64.8 cm³/mol. The second kappa shape index (κ2) is 4.23. The van der Waals surface area contributed by atoms with Crippen LogP contribution in [0.3, 0.4) is 0 Å². The van der Waals surface area contributed by atoms with Crippen molar-refractivity contribution in [2.75, 3.05) is 0 Å². The van der Waals surface area contributed by atoms with E-state index in [2.05, 4.69) is 41.8 Å². The van der Waals surface area contributed by atoms with Gasteiger partial charge in [0.05, 0.1) is 0 Å². The van der Waals surface area contributed by atoms with Crippen LogP contribution in [0.25, 0.3) is 10.9 Å². The van der Waals surface area contributed by atoms with Crippen LogP contribution in [0.4, 0.5) is 0 Å². The molecule has 0 aliphatic heterocycles. The molecule has 1 aromatic carbocycles. The summed E-state index contributed by atoms with van der Waals surface area (Å²) in [6, 6.07) is 8.31. The number of terminal acetylenes is 1.